The minimum absolute atomic E-state index is 0.150. The Bertz CT molecular complexity index is 834. The quantitative estimate of drug-likeness (QED) is 0.841. The van der Waals surface area contributed by atoms with Crippen molar-refractivity contribution < 1.29 is 9.53 Å². The topological polar surface area (TPSA) is 67.3 Å². The van der Waals surface area contributed by atoms with E-state index in [0.717, 1.165) is 55.6 Å². The van der Waals surface area contributed by atoms with Gasteiger partial charge in [-0.3, -0.25) is 4.79 Å². The van der Waals surface area contributed by atoms with E-state index in [1.807, 2.05) is 31.2 Å². The molecule has 1 aliphatic heterocycles. The van der Waals surface area contributed by atoms with E-state index in [2.05, 4.69) is 17.1 Å². The molecule has 2 aromatic rings. The Morgan fingerprint density at radius 3 is 2.57 bits per heavy atom. The first-order valence-corrected chi connectivity index (χ1v) is 10.6. The third-order valence-electron chi connectivity index (χ3n) is 5.85. The second kappa shape index (κ2) is 8.43. The molecule has 1 N–H and O–H groups in total. The summed E-state index contributed by atoms with van der Waals surface area (Å²) >= 11 is 0. The minimum Gasteiger partial charge on any atom is -0.365 e. The van der Waals surface area contributed by atoms with Gasteiger partial charge in [-0.25, -0.2) is 9.97 Å². The van der Waals surface area contributed by atoms with E-state index in [4.69, 9.17) is 14.7 Å². The third kappa shape index (κ3) is 4.27. The number of hydrogen-bond donors (Lipinski definition) is 1. The highest BCUT2D eigenvalue weighted by atomic mass is 16.5. The smallest absolute Gasteiger partial charge is 0.254 e. The largest absolute Gasteiger partial charge is 0.365 e. The summed E-state index contributed by atoms with van der Waals surface area (Å²) in [5.41, 5.74) is 1.64. The summed E-state index contributed by atoms with van der Waals surface area (Å²) in [6.07, 6.45) is 6.45. The van der Waals surface area contributed by atoms with Crippen LogP contribution in [0.25, 0.3) is 11.0 Å². The van der Waals surface area contributed by atoms with Gasteiger partial charge in [-0.2, -0.15) is 0 Å². The maximum absolute atomic E-state index is 12.8. The van der Waals surface area contributed by atoms with E-state index < -0.39 is 6.10 Å². The van der Waals surface area contributed by atoms with Crippen LogP contribution in [0, 0.1) is 5.92 Å². The Balaban J connectivity index is 1.52. The van der Waals surface area contributed by atoms with Crippen molar-refractivity contribution in [2.75, 3.05) is 23.3 Å². The van der Waals surface area contributed by atoms with Gasteiger partial charge in [-0.1, -0.05) is 31.9 Å². The lowest BCUT2D eigenvalue weighted by Gasteiger charge is -2.29. The fourth-order valence-electron chi connectivity index (χ4n) is 4.29. The summed E-state index contributed by atoms with van der Waals surface area (Å²) in [5, 5.41) is 3.00. The van der Waals surface area contributed by atoms with Crippen molar-refractivity contribution in [1.29, 1.82) is 0 Å². The highest BCUT2D eigenvalue weighted by Gasteiger charge is 2.26. The van der Waals surface area contributed by atoms with Gasteiger partial charge in [0.15, 0.2) is 11.6 Å². The van der Waals surface area contributed by atoms with E-state index in [0.29, 0.717) is 11.7 Å². The molecule has 1 aliphatic carbocycles. The standard InChI is InChI=1S/C22H30N4O2/c1-15-8-7-9-17(14-15)28-16(2)22(27)25-20-21(26-12-5-6-13-26)24-19-11-4-3-10-18(19)23-20/h3-4,10-11,15-17H,5-9,12-14H2,1-2H3,(H,23,25,27). The molecule has 150 valence electrons. The Morgan fingerprint density at radius 2 is 1.86 bits per heavy atom. The molecule has 6 nitrogen and oxygen atoms in total. The molecule has 3 atom stereocenters. The van der Waals surface area contributed by atoms with Gasteiger partial charge in [0, 0.05) is 13.1 Å². The highest BCUT2D eigenvalue weighted by molar-refractivity contribution is 5.96. The summed E-state index contributed by atoms with van der Waals surface area (Å²) in [6.45, 7) is 5.98. The molecule has 2 fully saturated rings. The fourth-order valence-corrected chi connectivity index (χ4v) is 4.29. The number of anilines is 2. The molecular weight excluding hydrogens is 352 g/mol. The zero-order valence-electron chi connectivity index (χ0n) is 16.9. The third-order valence-corrected chi connectivity index (χ3v) is 5.85. The Morgan fingerprint density at radius 1 is 1.14 bits per heavy atom. The second-order valence-electron chi connectivity index (χ2n) is 8.24. The number of fused-ring (bicyclic) bond motifs is 1. The zero-order chi connectivity index (χ0) is 19.5. The molecule has 0 bridgehead atoms. The number of carbonyl (C=O) groups excluding carboxylic acids is 1. The average molecular weight is 383 g/mol. The molecule has 6 heteroatoms. The summed E-state index contributed by atoms with van der Waals surface area (Å²) < 4.78 is 6.07. The summed E-state index contributed by atoms with van der Waals surface area (Å²) in [5.74, 6) is 1.83. The van der Waals surface area contributed by atoms with E-state index in [-0.39, 0.29) is 12.0 Å². The number of benzene rings is 1. The van der Waals surface area contributed by atoms with Crippen LogP contribution in [0.3, 0.4) is 0 Å². The molecule has 1 saturated heterocycles. The Labute approximate surface area is 166 Å². The molecule has 1 aromatic carbocycles. The van der Waals surface area contributed by atoms with Crippen LogP contribution in [-0.2, 0) is 9.53 Å². The van der Waals surface area contributed by atoms with Crippen molar-refractivity contribution in [3.63, 3.8) is 0 Å². The van der Waals surface area contributed by atoms with Crippen molar-refractivity contribution >= 4 is 28.6 Å². The van der Waals surface area contributed by atoms with Gasteiger partial charge < -0.3 is 15.0 Å². The number of amides is 1. The molecular formula is C22H30N4O2. The molecule has 1 saturated carbocycles. The zero-order valence-corrected chi connectivity index (χ0v) is 16.9. The SMILES string of the molecule is CC1CCCC(OC(C)C(=O)Nc2nc3ccccc3nc2N2CCCC2)C1. The average Bonchev–Trinajstić information content (AvgIpc) is 3.22. The number of rotatable bonds is 5. The van der Waals surface area contributed by atoms with Crippen LogP contribution in [0.4, 0.5) is 11.6 Å². The monoisotopic (exact) mass is 382 g/mol. The van der Waals surface area contributed by atoms with E-state index >= 15 is 0 Å². The number of para-hydroxylation sites is 2. The number of aromatic nitrogens is 2. The van der Waals surface area contributed by atoms with E-state index in [1.54, 1.807) is 0 Å². The highest BCUT2D eigenvalue weighted by Crippen LogP contribution is 2.29. The predicted molar refractivity (Wildman–Crippen MR) is 112 cm³/mol. The first-order chi connectivity index (χ1) is 13.6. The van der Waals surface area contributed by atoms with Crippen LogP contribution in [0.5, 0.6) is 0 Å². The molecule has 0 spiro atoms. The van der Waals surface area contributed by atoms with Gasteiger partial charge in [0.25, 0.3) is 5.91 Å². The van der Waals surface area contributed by atoms with Crippen LogP contribution >= 0.6 is 0 Å². The second-order valence-corrected chi connectivity index (χ2v) is 8.24. The minimum atomic E-state index is -0.505. The van der Waals surface area contributed by atoms with Crippen molar-refractivity contribution in [1.82, 2.24) is 9.97 Å². The van der Waals surface area contributed by atoms with Crippen molar-refractivity contribution in [2.45, 2.75) is 64.6 Å². The lowest BCUT2D eigenvalue weighted by molar-refractivity contribution is -0.131. The van der Waals surface area contributed by atoms with Gasteiger partial charge in [-0.15, -0.1) is 0 Å². The van der Waals surface area contributed by atoms with Crippen LogP contribution in [0.2, 0.25) is 0 Å². The number of carbonyl (C=O) groups is 1. The van der Waals surface area contributed by atoms with Gasteiger partial charge in [0.1, 0.15) is 6.10 Å². The molecule has 3 unspecified atom stereocenters. The molecule has 1 aromatic heterocycles. The van der Waals surface area contributed by atoms with Crippen LogP contribution in [0.15, 0.2) is 24.3 Å². The van der Waals surface area contributed by atoms with Gasteiger partial charge in [0.2, 0.25) is 0 Å². The van der Waals surface area contributed by atoms with Crippen LogP contribution < -0.4 is 10.2 Å². The lowest BCUT2D eigenvalue weighted by atomic mass is 9.88. The first kappa shape index (κ1) is 19.1. The maximum Gasteiger partial charge on any atom is 0.254 e. The van der Waals surface area contributed by atoms with Crippen molar-refractivity contribution in [2.24, 2.45) is 5.92 Å². The van der Waals surface area contributed by atoms with Gasteiger partial charge >= 0.3 is 0 Å². The Hall–Kier alpha value is -2.21. The summed E-state index contributed by atoms with van der Waals surface area (Å²) in [7, 11) is 0. The van der Waals surface area contributed by atoms with E-state index in [9.17, 15) is 4.79 Å². The van der Waals surface area contributed by atoms with Gasteiger partial charge in [-0.05, 0) is 50.7 Å². The first-order valence-electron chi connectivity index (χ1n) is 10.6. The molecule has 2 heterocycles. The van der Waals surface area contributed by atoms with Gasteiger partial charge in [0.05, 0.1) is 17.1 Å². The normalized spacial score (nSPS) is 23.7. The molecule has 4 rings (SSSR count). The molecule has 1 amide bonds. The fraction of sp³-hybridized carbons (Fsp3) is 0.591. The number of nitrogens with zero attached hydrogens (tertiary/aromatic N) is 3. The predicted octanol–water partition coefficient (Wildman–Crippen LogP) is 4.15. The van der Waals surface area contributed by atoms with Crippen LogP contribution in [-0.4, -0.2) is 41.2 Å². The van der Waals surface area contributed by atoms with Crippen LogP contribution in [0.1, 0.15) is 52.4 Å². The number of nitrogens with one attached hydrogen (secondary N) is 1. The summed E-state index contributed by atoms with van der Waals surface area (Å²) in [6, 6.07) is 7.79. The Kier molecular flexibility index (Phi) is 5.76. The number of hydrogen-bond acceptors (Lipinski definition) is 5. The van der Waals surface area contributed by atoms with Crippen molar-refractivity contribution in [3.05, 3.63) is 24.3 Å². The lowest BCUT2D eigenvalue weighted by Crippen LogP contribution is -2.34. The van der Waals surface area contributed by atoms with E-state index in [1.165, 1.54) is 12.8 Å². The molecule has 2 aliphatic rings. The molecule has 28 heavy (non-hydrogen) atoms. The van der Waals surface area contributed by atoms with Crippen molar-refractivity contribution in [3.8, 4) is 0 Å². The molecule has 0 radical (unpaired) electrons. The maximum atomic E-state index is 12.8. The summed E-state index contributed by atoms with van der Waals surface area (Å²) in [4.78, 5) is 24.6. The number of ether oxygens (including phenoxy) is 1.